The second-order valence-electron chi connectivity index (χ2n) is 2.78. The molecule has 1 heterocycles. The van der Waals surface area contributed by atoms with Crippen LogP contribution in [0.4, 0.5) is 0 Å². The van der Waals surface area contributed by atoms with Crippen LogP contribution in [-0.2, 0) is 4.79 Å². The van der Waals surface area contributed by atoms with E-state index in [1.807, 2.05) is 7.05 Å². The molecule has 10 heavy (non-hydrogen) atoms. The molecule has 0 aliphatic carbocycles. The van der Waals surface area contributed by atoms with Crippen LogP contribution in [0.15, 0.2) is 0 Å². The Morgan fingerprint density at radius 3 is 3.00 bits per heavy atom. The maximum Gasteiger partial charge on any atom is 0.208 e. The molecule has 1 unspecified atom stereocenters. The molecule has 1 N–H and O–H groups in total. The van der Waals surface area contributed by atoms with Crippen molar-refractivity contribution >= 4 is 6.41 Å². The van der Waals surface area contributed by atoms with Gasteiger partial charge in [-0.05, 0) is 32.9 Å². The van der Waals surface area contributed by atoms with E-state index in [9.17, 15) is 4.79 Å². The Morgan fingerprint density at radius 1 is 1.60 bits per heavy atom. The maximum absolute atomic E-state index is 10.1. The lowest BCUT2D eigenvalue weighted by atomic mass is 10.1. The summed E-state index contributed by atoms with van der Waals surface area (Å²) in [5, 5.41) is 2.78. The molecule has 3 nitrogen and oxygen atoms in total. The van der Waals surface area contributed by atoms with Gasteiger partial charge >= 0.3 is 0 Å². The van der Waals surface area contributed by atoms with Crippen molar-refractivity contribution in [3.05, 3.63) is 0 Å². The van der Waals surface area contributed by atoms with Gasteiger partial charge in [-0.1, -0.05) is 0 Å². The van der Waals surface area contributed by atoms with Crippen molar-refractivity contribution in [2.45, 2.75) is 25.4 Å². The molecule has 0 saturated carbocycles. The van der Waals surface area contributed by atoms with Crippen molar-refractivity contribution in [3.8, 4) is 0 Å². The highest BCUT2D eigenvalue weighted by atomic mass is 16.1. The molecule has 0 radical (unpaired) electrons. The van der Waals surface area contributed by atoms with Crippen LogP contribution in [0.3, 0.4) is 0 Å². The summed E-state index contributed by atoms with van der Waals surface area (Å²) in [4.78, 5) is 12.3. The number of carbonyl (C=O) groups excluding carboxylic acids is 1. The largest absolute Gasteiger partial charge is 0.343 e. The first-order valence-corrected chi connectivity index (χ1v) is 3.74. The van der Waals surface area contributed by atoms with Crippen LogP contribution in [-0.4, -0.2) is 31.1 Å². The van der Waals surface area contributed by atoms with E-state index in [1.54, 1.807) is 0 Å². The van der Waals surface area contributed by atoms with E-state index in [2.05, 4.69) is 10.2 Å². The summed E-state index contributed by atoms with van der Waals surface area (Å²) < 4.78 is 0. The molecule has 1 amide bonds. The average Bonchev–Trinajstić information content (AvgIpc) is 1.94. The fraction of sp³-hybridized carbons (Fsp3) is 0.857. The number of nitrogens with one attached hydrogen (secondary N) is 1. The van der Waals surface area contributed by atoms with E-state index in [4.69, 9.17) is 0 Å². The Bertz CT molecular complexity index is 116. The van der Waals surface area contributed by atoms with E-state index in [1.165, 1.54) is 12.8 Å². The molecule has 0 aromatic carbocycles. The molecule has 1 aliphatic rings. The van der Waals surface area contributed by atoms with Gasteiger partial charge in [0.2, 0.25) is 6.41 Å². The summed E-state index contributed by atoms with van der Waals surface area (Å²) in [7, 11) is 2.04. The first-order valence-electron chi connectivity index (χ1n) is 3.74. The molecule has 0 spiro atoms. The molecule has 0 aromatic rings. The van der Waals surface area contributed by atoms with Gasteiger partial charge in [0.25, 0.3) is 0 Å². The molecule has 1 aliphatic heterocycles. The fourth-order valence-corrected chi connectivity index (χ4v) is 1.36. The third-order valence-corrected chi connectivity index (χ3v) is 2.03. The van der Waals surface area contributed by atoms with Gasteiger partial charge in [0.1, 0.15) is 0 Å². The lowest BCUT2D eigenvalue weighted by molar-refractivity contribution is -0.111. The molecular formula is C7H14N2O. The van der Waals surface area contributed by atoms with Crippen LogP contribution >= 0.6 is 0 Å². The zero-order chi connectivity index (χ0) is 7.40. The first kappa shape index (κ1) is 7.54. The summed E-state index contributed by atoms with van der Waals surface area (Å²) in [6.07, 6.45) is 4.65. The number of likely N-dealkylation sites (tertiary alicyclic amines) is 1. The molecule has 1 saturated heterocycles. The Kier molecular flexibility index (Phi) is 2.68. The van der Waals surface area contributed by atoms with E-state index < -0.39 is 0 Å². The van der Waals surface area contributed by atoms with E-state index in [0.717, 1.165) is 19.4 Å². The number of carbonyl (C=O) groups is 1. The summed E-state index contributed by atoms with van der Waals surface area (Å²) in [6.45, 7) is 1.10. The molecular weight excluding hydrogens is 128 g/mol. The fourth-order valence-electron chi connectivity index (χ4n) is 1.36. The van der Waals surface area contributed by atoms with Gasteiger partial charge in [-0.3, -0.25) is 9.69 Å². The lowest BCUT2D eigenvalue weighted by Crippen LogP contribution is -2.45. The van der Waals surface area contributed by atoms with Gasteiger partial charge in [-0.2, -0.15) is 0 Å². The molecule has 1 fully saturated rings. The topological polar surface area (TPSA) is 32.3 Å². The number of amides is 1. The van der Waals surface area contributed by atoms with Crippen LogP contribution in [0.1, 0.15) is 19.3 Å². The third-order valence-electron chi connectivity index (χ3n) is 2.03. The monoisotopic (exact) mass is 142 g/mol. The zero-order valence-electron chi connectivity index (χ0n) is 6.34. The highest BCUT2D eigenvalue weighted by Gasteiger charge is 2.16. The maximum atomic E-state index is 10.1. The van der Waals surface area contributed by atoms with Crippen LogP contribution < -0.4 is 5.32 Å². The Balaban J connectivity index is 2.32. The smallest absolute Gasteiger partial charge is 0.208 e. The van der Waals surface area contributed by atoms with Crippen molar-refractivity contribution in [1.82, 2.24) is 10.2 Å². The molecule has 1 atom stereocenters. The number of nitrogens with zero attached hydrogens (tertiary/aromatic N) is 1. The Hall–Kier alpha value is -0.570. The summed E-state index contributed by atoms with van der Waals surface area (Å²) in [5.41, 5.74) is 0. The molecule has 0 aromatic heterocycles. The van der Waals surface area contributed by atoms with E-state index in [0.29, 0.717) is 0 Å². The number of hydrogen-bond acceptors (Lipinski definition) is 2. The predicted molar refractivity (Wildman–Crippen MR) is 39.5 cm³/mol. The summed E-state index contributed by atoms with van der Waals surface area (Å²) >= 11 is 0. The predicted octanol–water partition coefficient (Wildman–Crippen LogP) is 0.174. The van der Waals surface area contributed by atoms with Gasteiger partial charge in [0, 0.05) is 0 Å². The lowest BCUT2D eigenvalue weighted by Gasteiger charge is -2.31. The highest BCUT2D eigenvalue weighted by molar-refractivity contribution is 5.46. The van der Waals surface area contributed by atoms with E-state index in [-0.39, 0.29) is 6.17 Å². The van der Waals surface area contributed by atoms with Crippen LogP contribution in [0.5, 0.6) is 0 Å². The minimum atomic E-state index is 0.284. The van der Waals surface area contributed by atoms with Crippen LogP contribution in [0.2, 0.25) is 0 Å². The zero-order valence-corrected chi connectivity index (χ0v) is 6.34. The van der Waals surface area contributed by atoms with Gasteiger partial charge < -0.3 is 5.32 Å². The SMILES string of the molecule is CN1CCCCC1NC=O. The van der Waals surface area contributed by atoms with Crippen molar-refractivity contribution in [2.24, 2.45) is 0 Å². The minimum Gasteiger partial charge on any atom is -0.343 e. The molecule has 1 rings (SSSR count). The Morgan fingerprint density at radius 2 is 2.40 bits per heavy atom. The van der Waals surface area contributed by atoms with Gasteiger partial charge in [0.05, 0.1) is 6.17 Å². The van der Waals surface area contributed by atoms with Gasteiger partial charge in [0.15, 0.2) is 0 Å². The van der Waals surface area contributed by atoms with Gasteiger partial charge in [-0.25, -0.2) is 0 Å². The Labute approximate surface area is 61.4 Å². The quantitative estimate of drug-likeness (QED) is 0.558. The van der Waals surface area contributed by atoms with Crippen molar-refractivity contribution in [2.75, 3.05) is 13.6 Å². The molecule has 58 valence electrons. The average molecular weight is 142 g/mol. The first-order chi connectivity index (χ1) is 4.84. The van der Waals surface area contributed by atoms with Gasteiger partial charge in [-0.15, -0.1) is 0 Å². The second-order valence-corrected chi connectivity index (χ2v) is 2.78. The normalized spacial score (nSPS) is 27.9. The second kappa shape index (κ2) is 3.56. The van der Waals surface area contributed by atoms with Crippen molar-refractivity contribution in [1.29, 1.82) is 0 Å². The summed E-state index contributed by atoms with van der Waals surface area (Å²) in [5.74, 6) is 0. The van der Waals surface area contributed by atoms with Crippen molar-refractivity contribution < 1.29 is 4.79 Å². The van der Waals surface area contributed by atoms with E-state index >= 15 is 0 Å². The standard InChI is InChI=1S/C7H14N2O/c1-9-5-3-2-4-7(9)8-6-10/h6-7H,2-5H2,1H3,(H,8,10). The number of hydrogen-bond donors (Lipinski definition) is 1. The molecule has 0 bridgehead atoms. The molecule has 3 heteroatoms. The van der Waals surface area contributed by atoms with Crippen LogP contribution in [0.25, 0.3) is 0 Å². The highest BCUT2D eigenvalue weighted by Crippen LogP contribution is 2.11. The summed E-state index contributed by atoms with van der Waals surface area (Å²) in [6, 6.07) is 0. The third kappa shape index (κ3) is 1.70. The number of rotatable bonds is 2. The van der Waals surface area contributed by atoms with Crippen LogP contribution in [0, 0.1) is 0 Å². The minimum absolute atomic E-state index is 0.284. The van der Waals surface area contributed by atoms with Crippen molar-refractivity contribution in [3.63, 3.8) is 0 Å². The number of piperidine rings is 1.